The molecule has 0 aliphatic carbocycles. The van der Waals surface area contributed by atoms with Gasteiger partial charge in [-0.2, -0.15) is 0 Å². The van der Waals surface area contributed by atoms with E-state index in [9.17, 15) is 13.6 Å². The van der Waals surface area contributed by atoms with Crippen molar-refractivity contribution in [1.29, 1.82) is 0 Å². The van der Waals surface area contributed by atoms with Crippen molar-refractivity contribution in [3.05, 3.63) is 35.4 Å². The lowest BCUT2D eigenvalue weighted by molar-refractivity contribution is -0.136. The molecule has 0 spiro atoms. The molecule has 3 rings (SSSR count). The van der Waals surface area contributed by atoms with Gasteiger partial charge < -0.3 is 10.2 Å². The van der Waals surface area contributed by atoms with Crippen LogP contribution in [0.5, 0.6) is 0 Å². The zero-order valence-electron chi connectivity index (χ0n) is 12.1. The van der Waals surface area contributed by atoms with E-state index < -0.39 is 11.6 Å². The fourth-order valence-corrected chi connectivity index (χ4v) is 3.54. The van der Waals surface area contributed by atoms with Crippen LogP contribution in [0.25, 0.3) is 0 Å². The summed E-state index contributed by atoms with van der Waals surface area (Å²) in [4.78, 5) is 14.4. The highest BCUT2D eigenvalue weighted by molar-refractivity contribution is 5.80. The second-order valence-electron chi connectivity index (χ2n) is 5.99. The molecule has 0 radical (unpaired) electrons. The summed E-state index contributed by atoms with van der Waals surface area (Å²) in [6, 6.07) is 4.59. The molecule has 1 amide bonds. The third-order valence-electron chi connectivity index (χ3n) is 4.67. The molecule has 1 N–H and O–H groups in total. The summed E-state index contributed by atoms with van der Waals surface area (Å²) in [6.45, 7) is 2.82. The van der Waals surface area contributed by atoms with Gasteiger partial charge in [0.1, 0.15) is 0 Å². The molecule has 114 valence electrons. The molecule has 0 saturated carbocycles. The first-order valence-corrected chi connectivity index (χ1v) is 7.57. The van der Waals surface area contributed by atoms with Crippen molar-refractivity contribution in [3.8, 4) is 0 Å². The Labute approximate surface area is 123 Å². The first-order valence-electron chi connectivity index (χ1n) is 7.57. The van der Waals surface area contributed by atoms with Crippen molar-refractivity contribution in [3.63, 3.8) is 0 Å². The fourth-order valence-electron chi connectivity index (χ4n) is 3.54. The summed E-state index contributed by atoms with van der Waals surface area (Å²) in [5, 5.41) is 3.46. The van der Waals surface area contributed by atoms with Crippen LogP contribution >= 0.6 is 0 Å². The smallest absolute Gasteiger partial charge is 0.227 e. The quantitative estimate of drug-likeness (QED) is 0.925. The summed E-state index contributed by atoms with van der Waals surface area (Å²) in [5.41, 5.74) is 0.625. The van der Waals surface area contributed by atoms with E-state index in [0.717, 1.165) is 25.3 Å². The monoisotopic (exact) mass is 294 g/mol. The average Bonchev–Trinajstić information content (AvgIpc) is 3.10. The topological polar surface area (TPSA) is 32.3 Å². The van der Waals surface area contributed by atoms with E-state index in [4.69, 9.17) is 0 Å². The SMILES string of the molecule is CCN(Cc1ccc(F)c(F)c1)C(=O)C1CC2CCC1N2. The summed E-state index contributed by atoms with van der Waals surface area (Å²) >= 11 is 0. The largest absolute Gasteiger partial charge is 0.338 e. The molecule has 2 aliphatic heterocycles. The molecule has 5 heteroatoms. The van der Waals surface area contributed by atoms with Crippen molar-refractivity contribution in [2.75, 3.05) is 6.54 Å². The number of nitrogens with one attached hydrogen (secondary N) is 1. The molecule has 1 aromatic carbocycles. The summed E-state index contributed by atoms with van der Waals surface area (Å²) < 4.78 is 26.2. The Balaban J connectivity index is 1.69. The van der Waals surface area contributed by atoms with Crippen molar-refractivity contribution >= 4 is 5.91 Å². The highest BCUT2D eigenvalue weighted by Crippen LogP contribution is 2.34. The van der Waals surface area contributed by atoms with Gasteiger partial charge in [0, 0.05) is 25.2 Å². The number of fused-ring (bicyclic) bond motifs is 2. The van der Waals surface area contributed by atoms with Crippen LogP contribution in [0.3, 0.4) is 0 Å². The van der Waals surface area contributed by atoms with Crippen molar-refractivity contribution in [1.82, 2.24) is 10.2 Å². The molecule has 2 heterocycles. The van der Waals surface area contributed by atoms with Crippen LogP contribution < -0.4 is 5.32 Å². The minimum atomic E-state index is -0.863. The number of hydrogen-bond donors (Lipinski definition) is 1. The van der Waals surface area contributed by atoms with E-state index >= 15 is 0 Å². The maximum atomic E-state index is 13.3. The zero-order chi connectivity index (χ0) is 15.0. The lowest BCUT2D eigenvalue weighted by Crippen LogP contribution is -2.40. The van der Waals surface area contributed by atoms with Gasteiger partial charge >= 0.3 is 0 Å². The van der Waals surface area contributed by atoms with Crippen molar-refractivity contribution < 1.29 is 13.6 Å². The first-order chi connectivity index (χ1) is 10.1. The number of amides is 1. The highest BCUT2D eigenvalue weighted by atomic mass is 19.2. The average molecular weight is 294 g/mol. The number of hydrogen-bond acceptors (Lipinski definition) is 2. The number of rotatable bonds is 4. The van der Waals surface area contributed by atoms with Gasteiger partial charge in [0.25, 0.3) is 0 Å². The van der Waals surface area contributed by atoms with Crippen LogP contribution in [0.15, 0.2) is 18.2 Å². The third kappa shape index (κ3) is 2.79. The van der Waals surface area contributed by atoms with Gasteiger partial charge in [-0.25, -0.2) is 8.78 Å². The number of carbonyl (C=O) groups is 1. The van der Waals surface area contributed by atoms with Crippen molar-refractivity contribution in [2.45, 2.75) is 44.8 Å². The Morgan fingerprint density at radius 2 is 2.14 bits per heavy atom. The lowest BCUT2D eigenvalue weighted by Gasteiger charge is -2.28. The van der Waals surface area contributed by atoms with Gasteiger partial charge in [0.2, 0.25) is 5.91 Å². The third-order valence-corrected chi connectivity index (χ3v) is 4.67. The van der Waals surface area contributed by atoms with Gasteiger partial charge in [-0.15, -0.1) is 0 Å². The predicted molar refractivity (Wildman–Crippen MR) is 75.5 cm³/mol. The lowest BCUT2D eigenvalue weighted by atomic mass is 9.88. The van der Waals surface area contributed by atoms with Gasteiger partial charge in [0.15, 0.2) is 11.6 Å². The van der Waals surface area contributed by atoms with E-state index in [0.29, 0.717) is 30.7 Å². The molecule has 2 aliphatic rings. The Hall–Kier alpha value is -1.49. The normalized spacial score (nSPS) is 27.1. The van der Waals surface area contributed by atoms with Crippen LogP contribution in [0.4, 0.5) is 8.78 Å². The van der Waals surface area contributed by atoms with E-state index in [1.54, 1.807) is 4.90 Å². The molecule has 3 unspecified atom stereocenters. The molecule has 21 heavy (non-hydrogen) atoms. The molecule has 2 bridgehead atoms. The molecule has 2 saturated heterocycles. The fraction of sp³-hybridized carbons (Fsp3) is 0.562. The Kier molecular flexibility index (Phi) is 3.93. The maximum absolute atomic E-state index is 13.3. The van der Waals surface area contributed by atoms with Crippen LogP contribution in [0.1, 0.15) is 31.7 Å². The van der Waals surface area contributed by atoms with Crippen LogP contribution in [0, 0.1) is 17.6 Å². The van der Waals surface area contributed by atoms with E-state index in [-0.39, 0.29) is 11.8 Å². The second kappa shape index (κ2) is 5.72. The van der Waals surface area contributed by atoms with Gasteiger partial charge in [-0.1, -0.05) is 6.07 Å². The highest BCUT2D eigenvalue weighted by Gasteiger charge is 2.43. The number of carbonyl (C=O) groups excluding carboxylic acids is 1. The second-order valence-corrected chi connectivity index (χ2v) is 5.99. The number of benzene rings is 1. The van der Waals surface area contributed by atoms with Crippen molar-refractivity contribution in [2.24, 2.45) is 5.92 Å². The van der Waals surface area contributed by atoms with Crippen LogP contribution in [-0.4, -0.2) is 29.4 Å². The zero-order valence-corrected chi connectivity index (χ0v) is 12.1. The molecule has 3 nitrogen and oxygen atoms in total. The molecule has 2 fully saturated rings. The molecule has 0 aromatic heterocycles. The number of halogens is 2. The molecular weight excluding hydrogens is 274 g/mol. The Bertz CT molecular complexity index is 549. The number of nitrogens with zero attached hydrogens (tertiary/aromatic N) is 1. The predicted octanol–water partition coefficient (Wildman–Crippen LogP) is 2.45. The van der Waals surface area contributed by atoms with Crippen LogP contribution in [-0.2, 0) is 11.3 Å². The van der Waals surface area contributed by atoms with Crippen LogP contribution in [0.2, 0.25) is 0 Å². The summed E-state index contributed by atoms with van der Waals surface area (Å²) in [7, 11) is 0. The molecule has 3 atom stereocenters. The van der Waals surface area contributed by atoms with E-state index in [2.05, 4.69) is 5.32 Å². The van der Waals surface area contributed by atoms with E-state index in [1.807, 2.05) is 6.92 Å². The minimum absolute atomic E-state index is 0.0361. The minimum Gasteiger partial charge on any atom is -0.338 e. The molecule has 1 aromatic rings. The first kappa shape index (κ1) is 14.4. The van der Waals surface area contributed by atoms with Gasteiger partial charge in [-0.3, -0.25) is 4.79 Å². The Morgan fingerprint density at radius 1 is 1.33 bits per heavy atom. The van der Waals surface area contributed by atoms with Gasteiger partial charge in [-0.05, 0) is 43.9 Å². The van der Waals surface area contributed by atoms with Gasteiger partial charge in [0.05, 0.1) is 5.92 Å². The Morgan fingerprint density at radius 3 is 2.71 bits per heavy atom. The van der Waals surface area contributed by atoms with E-state index in [1.165, 1.54) is 12.1 Å². The summed E-state index contributed by atoms with van der Waals surface area (Å²) in [5.74, 6) is -1.56. The molecular formula is C16H20F2N2O. The standard InChI is InChI=1S/C16H20F2N2O/c1-2-20(9-10-3-5-13(17)14(18)7-10)16(21)12-8-11-4-6-15(12)19-11/h3,5,7,11-12,15,19H,2,4,6,8-9H2,1H3. The maximum Gasteiger partial charge on any atom is 0.227 e. The summed E-state index contributed by atoms with van der Waals surface area (Å²) in [6.07, 6.45) is 3.12.